The predicted molar refractivity (Wildman–Crippen MR) is 87.6 cm³/mol. The van der Waals surface area contributed by atoms with Gasteiger partial charge in [0.15, 0.2) is 0 Å². The van der Waals surface area contributed by atoms with E-state index in [1.165, 1.54) is 0 Å². The van der Waals surface area contributed by atoms with Crippen molar-refractivity contribution in [1.29, 1.82) is 0 Å². The number of carboxylic acid groups (broad SMARTS) is 1. The van der Waals surface area contributed by atoms with Crippen LogP contribution in [0.5, 0.6) is 0 Å². The number of amides is 1. The van der Waals surface area contributed by atoms with Crippen molar-refractivity contribution < 1.29 is 19.4 Å². The summed E-state index contributed by atoms with van der Waals surface area (Å²) in [5.74, 6) is -0.921. The van der Waals surface area contributed by atoms with E-state index in [-0.39, 0.29) is 23.4 Å². The van der Waals surface area contributed by atoms with Crippen LogP contribution in [0.15, 0.2) is 24.3 Å². The van der Waals surface area contributed by atoms with Gasteiger partial charge in [0.1, 0.15) is 0 Å². The largest absolute Gasteiger partial charge is 0.478 e. The first-order valence-electron chi connectivity index (χ1n) is 8.14. The lowest BCUT2D eigenvalue weighted by Gasteiger charge is -2.38. The molecule has 1 aromatic carbocycles. The van der Waals surface area contributed by atoms with E-state index in [1.807, 2.05) is 4.90 Å². The standard InChI is InChI=1S/C18H25NO4/c1-3-8-18(13-23-2)9-5-10-19(18)16(20)12-14-6-4-7-15(11-14)17(21)22/h4,6-7,11H,3,5,8-10,12-13H2,1-2H3,(H,21,22). The molecule has 126 valence electrons. The summed E-state index contributed by atoms with van der Waals surface area (Å²) < 4.78 is 5.39. The molecule has 1 N–H and O–H groups in total. The van der Waals surface area contributed by atoms with Gasteiger partial charge in [-0.3, -0.25) is 4.79 Å². The summed E-state index contributed by atoms with van der Waals surface area (Å²) in [4.78, 5) is 25.8. The number of carbonyl (C=O) groups excluding carboxylic acids is 1. The highest BCUT2D eigenvalue weighted by molar-refractivity contribution is 5.88. The van der Waals surface area contributed by atoms with Gasteiger partial charge in [-0.25, -0.2) is 4.79 Å². The van der Waals surface area contributed by atoms with Gasteiger partial charge in [0, 0.05) is 13.7 Å². The molecular weight excluding hydrogens is 294 g/mol. The first-order valence-corrected chi connectivity index (χ1v) is 8.14. The Hall–Kier alpha value is -1.88. The average Bonchev–Trinajstić information content (AvgIpc) is 2.92. The Morgan fingerprint density at radius 1 is 1.39 bits per heavy atom. The Kier molecular flexibility index (Phi) is 5.77. The van der Waals surface area contributed by atoms with Crippen molar-refractivity contribution in [1.82, 2.24) is 4.90 Å². The van der Waals surface area contributed by atoms with E-state index in [1.54, 1.807) is 31.4 Å². The van der Waals surface area contributed by atoms with Crippen molar-refractivity contribution in [2.75, 3.05) is 20.3 Å². The summed E-state index contributed by atoms with van der Waals surface area (Å²) in [5, 5.41) is 9.07. The lowest BCUT2D eigenvalue weighted by atomic mass is 9.91. The molecule has 0 radical (unpaired) electrons. The molecular formula is C18H25NO4. The fraction of sp³-hybridized carbons (Fsp3) is 0.556. The van der Waals surface area contributed by atoms with Crippen LogP contribution in [-0.4, -0.2) is 47.7 Å². The molecule has 1 saturated heterocycles. The van der Waals surface area contributed by atoms with Crippen LogP contribution in [-0.2, 0) is 16.0 Å². The van der Waals surface area contributed by atoms with E-state index in [0.717, 1.165) is 37.8 Å². The quantitative estimate of drug-likeness (QED) is 0.839. The summed E-state index contributed by atoms with van der Waals surface area (Å²) in [7, 11) is 1.68. The molecule has 0 aliphatic carbocycles. The zero-order valence-electron chi connectivity index (χ0n) is 13.9. The predicted octanol–water partition coefficient (Wildman–Crippen LogP) is 2.74. The maximum atomic E-state index is 12.8. The van der Waals surface area contributed by atoms with Crippen LogP contribution in [0.1, 0.15) is 48.5 Å². The second kappa shape index (κ2) is 7.59. The molecule has 1 fully saturated rings. The normalized spacial score (nSPS) is 20.7. The number of aromatic carboxylic acids is 1. The van der Waals surface area contributed by atoms with Crippen molar-refractivity contribution in [3.8, 4) is 0 Å². The topological polar surface area (TPSA) is 66.8 Å². The third-order valence-corrected chi connectivity index (χ3v) is 4.56. The van der Waals surface area contributed by atoms with E-state index < -0.39 is 5.97 Å². The third-order valence-electron chi connectivity index (χ3n) is 4.56. The van der Waals surface area contributed by atoms with E-state index in [4.69, 9.17) is 9.84 Å². The minimum Gasteiger partial charge on any atom is -0.478 e. The zero-order chi connectivity index (χ0) is 16.9. The van der Waals surface area contributed by atoms with E-state index in [9.17, 15) is 9.59 Å². The lowest BCUT2D eigenvalue weighted by molar-refractivity contribution is -0.137. The molecule has 1 aliphatic rings. The highest BCUT2D eigenvalue weighted by atomic mass is 16.5. The van der Waals surface area contributed by atoms with Gasteiger partial charge in [0.2, 0.25) is 5.91 Å². The number of hydrogen-bond acceptors (Lipinski definition) is 3. The third kappa shape index (κ3) is 3.91. The van der Waals surface area contributed by atoms with Gasteiger partial charge in [0.05, 0.1) is 24.1 Å². The fourth-order valence-corrected chi connectivity index (χ4v) is 3.63. The van der Waals surface area contributed by atoms with E-state index in [0.29, 0.717) is 6.61 Å². The van der Waals surface area contributed by atoms with Gasteiger partial charge in [0.25, 0.3) is 0 Å². The Labute approximate surface area is 137 Å². The minimum atomic E-state index is -0.972. The SMILES string of the molecule is CCCC1(COC)CCCN1C(=O)Cc1cccc(C(=O)O)c1. The number of rotatable bonds is 7. The van der Waals surface area contributed by atoms with Crippen molar-refractivity contribution in [2.45, 2.75) is 44.6 Å². The highest BCUT2D eigenvalue weighted by Crippen LogP contribution is 2.34. The number of nitrogens with zero attached hydrogens (tertiary/aromatic N) is 1. The second-order valence-electron chi connectivity index (χ2n) is 6.24. The molecule has 0 saturated carbocycles. The van der Waals surface area contributed by atoms with Crippen molar-refractivity contribution in [3.05, 3.63) is 35.4 Å². The zero-order valence-corrected chi connectivity index (χ0v) is 13.9. The smallest absolute Gasteiger partial charge is 0.335 e. The van der Waals surface area contributed by atoms with Crippen LogP contribution in [0.3, 0.4) is 0 Å². The highest BCUT2D eigenvalue weighted by Gasteiger charge is 2.42. The maximum Gasteiger partial charge on any atom is 0.335 e. The maximum absolute atomic E-state index is 12.8. The summed E-state index contributed by atoms with van der Waals surface area (Å²) in [6.45, 7) is 3.43. The Bertz CT molecular complexity index is 564. The number of likely N-dealkylation sites (tertiary alicyclic amines) is 1. The number of benzene rings is 1. The molecule has 2 rings (SSSR count). The molecule has 1 aromatic rings. The summed E-state index contributed by atoms with van der Waals surface area (Å²) in [6, 6.07) is 6.61. The first kappa shape index (κ1) is 17.5. The summed E-state index contributed by atoms with van der Waals surface area (Å²) in [6.07, 6.45) is 4.12. The molecule has 0 spiro atoms. The minimum absolute atomic E-state index is 0.0514. The van der Waals surface area contributed by atoms with Crippen molar-refractivity contribution in [3.63, 3.8) is 0 Å². The Balaban J connectivity index is 2.15. The molecule has 0 aromatic heterocycles. The molecule has 1 atom stereocenters. The molecule has 1 unspecified atom stereocenters. The van der Waals surface area contributed by atoms with Crippen molar-refractivity contribution >= 4 is 11.9 Å². The fourth-order valence-electron chi connectivity index (χ4n) is 3.63. The number of methoxy groups -OCH3 is 1. The van der Waals surface area contributed by atoms with Crippen molar-refractivity contribution in [2.24, 2.45) is 0 Å². The van der Waals surface area contributed by atoms with Gasteiger partial charge in [-0.2, -0.15) is 0 Å². The Morgan fingerprint density at radius 2 is 2.17 bits per heavy atom. The molecule has 0 bridgehead atoms. The van der Waals surface area contributed by atoms with Gasteiger partial charge in [-0.1, -0.05) is 25.5 Å². The number of carboxylic acids is 1. The molecule has 1 heterocycles. The van der Waals surface area contributed by atoms with Crippen LogP contribution >= 0.6 is 0 Å². The summed E-state index contributed by atoms with van der Waals surface area (Å²) >= 11 is 0. The number of ether oxygens (including phenoxy) is 1. The van der Waals surface area contributed by atoms with Crippen LogP contribution in [0, 0.1) is 0 Å². The van der Waals surface area contributed by atoms with Gasteiger partial charge < -0.3 is 14.7 Å². The summed E-state index contributed by atoms with van der Waals surface area (Å²) in [5.41, 5.74) is 0.753. The molecule has 23 heavy (non-hydrogen) atoms. The van der Waals surface area contributed by atoms with Crippen LogP contribution in [0.4, 0.5) is 0 Å². The lowest BCUT2D eigenvalue weighted by Crippen LogP contribution is -2.51. The average molecular weight is 319 g/mol. The molecule has 1 aliphatic heterocycles. The monoisotopic (exact) mass is 319 g/mol. The Morgan fingerprint density at radius 3 is 2.83 bits per heavy atom. The van der Waals surface area contributed by atoms with Gasteiger partial charge >= 0.3 is 5.97 Å². The second-order valence-corrected chi connectivity index (χ2v) is 6.24. The van der Waals surface area contributed by atoms with E-state index >= 15 is 0 Å². The number of carbonyl (C=O) groups is 2. The van der Waals surface area contributed by atoms with E-state index in [2.05, 4.69) is 6.92 Å². The van der Waals surface area contributed by atoms with Gasteiger partial charge in [-0.15, -0.1) is 0 Å². The number of hydrogen-bond donors (Lipinski definition) is 1. The molecule has 5 heteroatoms. The van der Waals surface area contributed by atoms with Crippen LogP contribution in [0.2, 0.25) is 0 Å². The van der Waals surface area contributed by atoms with Crippen LogP contribution in [0.25, 0.3) is 0 Å². The molecule has 5 nitrogen and oxygen atoms in total. The molecule has 1 amide bonds. The van der Waals surface area contributed by atoms with Gasteiger partial charge in [-0.05, 0) is 37.0 Å². The van der Waals surface area contributed by atoms with Crippen LogP contribution < -0.4 is 0 Å². The first-order chi connectivity index (χ1) is 11.0.